The molecule has 0 saturated carbocycles. The van der Waals surface area contributed by atoms with Crippen LogP contribution in [-0.4, -0.2) is 27.2 Å². The van der Waals surface area contributed by atoms with Crippen LogP contribution in [-0.2, 0) is 0 Å². The van der Waals surface area contributed by atoms with E-state index in [-0.39, 0.29) is 17.6 Å². The van der Waals surface area contributed by atoms with Crippen molar-refractivity contribution in [3.63, 3.8) is 0 Å². The van der Waals surface area contributed by atoms with Crippen molar-refractivity contribution in [1.82, 2.24) is 14.6 Å². The maximum Gasteiger partial charge on any atom is 0.261 e. The number of hydrogen-bond acceptors (Lipinski definition) is 4. The summed E-state index contributed by atoms with van der Waals surface area (Å²) < 4.78 is 1.90. The summed E-state index contributed by atoms with van der Waals surface area (Å²) in [6.45, 7) is 9.08. The lowest BCUT2D eigenvalue weighted by atomic mass is 9.96. The van der Waals surface area contributed by atoms with Crippen LogP contribution >= 0.6 is 0 Å². The van der Waals surface area contributed by atoms with E-state index in [9.17, 15) is 4.79 Å². The fourth-order valence-corrected chi connectivity index (χ4v) is 4.48. The maximum absolute atomic E-state index is 13.2. The quantitative estimate of drug-likeness (QED) is 0.645. The highest BCUT2D eigenvalue weighted by Gasteiger charge is 2.32. The summed E-state index contributed by atoms with van der Waals surface area (Å²) in [6.07, 6.45) is 2.71. The van der Waals surface area contributed by atoms with E-state index in [0.29, 0.717) is 5.39 Å². The smallest absolute Gasteiger partial charge is 0.261 e. The molecular formula is C24H29N3O2. The Morgan fingerprint density at radius 3 is 2.52 bits per heavy atom. The molecule has 0 aliphatic carbocycles. The van der Waals surface area contributed by atoms with Crippen LogP contribution in [0.25, 0.3) is 10.9 Å². The number of nitrogens with zero attached hydrogens (tertiary/aromatic N) is 3. The molecule has 2 aromatic carbocycles. The van der Waals surface area contributed by atoms with E-state index in [1.807, 2.05) is 35.8 Å². The first-order valence-electron chi connectivity index (χ1n) is 10.5. The van der Waals surface area contributed by atoms with Gasteiger partial charge < -0.3 is 4.84 Å². The first-order valence-corrected chi connectivity index (χ1v) is 10.5. The van der Waals surface area contributed by atoms with Gasteiger partial charge in [0.2, 0.25) is 0 Å². The van der Waals surface area contributed by atoms with Gasteiger partial charge in [0.1, 0.15) is 5.82 Å². The van der Waals surface area contributed by atoms with E-state index in [1.165, 1.54) is 0 Å². The second-order valence-electron chi connectivity index (χ2n) is 8.04. The molecule has 0 spiro atoms. The van der Waals surface area contributed by atoms with Gasteiger partial charge in [-0.1, -0.05) is 37.3 Å². The average molecular weight is 392 g/mol. The van der Waals surface area contributed by atoms with Crippen molar-refractivity contribution in [1.29, 1.82) is 0 Å². The molecule has 2 atom stereocenters. The number of benzene rings is 2. The lowest BCUT2D eigenvalue weighted by molar-refractivity contribution is -0.122. The number of aryl methyl sites for hydroxylation is 3. The Hall–Kier alpha value is -2.66. The van der Waals surface area contributed by atoms with Gasteiger partial charge in [-0.3, -0.25) is 9.36 Å². The number of fused-ring (bicyclic) bond motifs is 1. The number of rotatable bonds is 4. The van der Waals surface area contributed by atoms with Crippen molar-refractivity contribution in [2.45, 2.75) is 59.0 Å². The zero-order chi connectivity index (χ0) is 20.5. The molecule has 1 aromatic heterocycles. The molecule has 5 nitrogen and oxygen atoms in total. The second-order valence-corrected chi connectivity index (χ2v) is 8.04. The van der Waals surface area contributed by atoms with E-state index in [0.717, 1.165) is 54.0 Å². The Morgan fingerprint density at radius 2 is 1.79 bits per heavy atom. The summed E-state index contributed by atoms with van der Waals surface area (Å²) in [7, 11) is 0. The molecule has 3 aromatic rings. The first-order chi connectivity index (χ1) is 14.0. The largest absolute Gasteiger partial charge is 0.405 e. The van der Waals surface area contributed by atoms with Crippen LogP contribution in [0.3, 0.4) is 0 Å². The molecule has 0 amide bonds. The zero-order valence-corrected chi connectivity index (χ0v) is 17.7. The zero-order valence-electron chi connectivity index (χ0n) is 17.7. The Morgan fingerprint density at radius 1 is 1.07 bits per heavy atom. The van der Waals surface area contributed by atoms with Gasteiger partial charge in [0.25, 0.3) is 5.56 Å². The fraction of sp³-hybridized carbons (Fsp3) is 0.417. The van der Waals surface area contributed by atoms with Gasteiger partial charge in [-0.15, -0.1) is 5.06 Å². The summed E-state index contributed by atoms with van der Waals surface area (Å²) in [5, 5.41) is 2.81. The van der Waals surface area contributed by atoms with Gasteiger partial charge >= 0.3 is 0 Å². The maximum atomic E-state index is 13.2. The van der Waals surface area contributed by atoms with Crippen molar-refractivity contribution >= 4 is 10.9 Å². The minimum atomic E-state index is 0.0667. The minimum Gasteiger partial charge on any atom is -0.405 e. The Balaban J connectivity index is 1.61. The third kappa shape index (κ3) is 3.67. The third-order valence-corrected chi connectivity index (χ3v) is 6.07. The molecule has 2 unspecified atom stereocenters. The molecule has 4 rings (SSSR count). The van der Waals surface area contributed by atoms with E-state index < -0.39 is 0 Å². The highest BCUT2D eigenvalue weighted by atomic mass is 16.7. The molecule has 0 bridgehead atoms. The van der Waals surface area contributed by atoms with Gasteiger partial charge in [0.15, 0.2) is 5.75 Å². The second kappa shape index (κ2) is 7.99. The van der Waals surface area contributed by atoms with E-state index in [1.54, 1.807) is 0 Å². The van der Waals surface area contributed by atoms with Crippen molar-refractivity contribution in [3.05, 3.63) is 69.8 Å². The minimum absolute atomic E-state index is 0.0667. The third-order valence-electron chi connectivity index (χ3n) is 6.07. The SMILES string of the molecule is CCC1CC(n2c(C)nc3ccccc3c2=O)CCN1Oc1c(C)cccc1C. The van der Waals surface area contributed by atoms with Crippen molar-refractivity contribution in [3.8, 4) is 5.75 Å². The summed E-state index contributed by atoms with van der Waals surface area (Å²) in [6, 6.07) is 14.2. The van der Waals surface area contributed by atoms with Gasteiger partial charge in [-0.05, 0) is 63.3 Å². The van der Waals surface area contributed by atoms with Crippen LogP contribution in [0, 0.1) is 20.8 Å². The summed E-state index contributed by atoms with van der Waals surface area (Å²) >= 11 is 0. The van der Waals surface area contributed by atoms with Crippen molar-refractivity contribution in [2.75, 3.05) is 6.54 Å². The molecule has 1 fully saturated rings. The molecule has 152 valence electrons. The molecule has 0 radical (unpaired) electrons. The Labute approximate surface area is 171 Å². The molecule has 1 aliphatic rings. The number of hydrogen-bond donors (Lipinski definition) is 0. The average Bonchev–Trinajstić information content (AvgIpc) is 2.71. The van der Waals surface area contributed by atoms with Crippen LogP contribution in [0.5, 0.6) is 5.75 Å². The normalized spacial score (nSPS) is 20.1. The number of aromatic nitrogens is 2. The van der Waals surface area contributed by atoms with Crippen LogP contribution in [0.2, 0.25) is 0 Å². The predicted octanol–water partition coefficient (Wildman–Crippen LogP) is 4.73. The molecule has 5 heteroatoms. The van der Waals surface area contributed by atoms with Crippen LogP contribution in [0.1, 0.15) is 49.2 Å². The standard InChI is InChI=1S/C24H29N3O2/c1-5-19-15-20(13-14-26(19)29-23-16(2)9-8-10-17(23)3)27-18(4)25-22-12-7-6-11-21(22)24(27)28/h6-12,19-20H,5,13-15H2,1-4H3. The van der Waals surface area contributed by atoms with E-state index in [2.05, 4.69) is 44.0 Å². The number of hydroxylamine groups is 2. The number of piperidine rings is 1. The highest BCUT2D eigenvalue weighted by molar-refractivity contribution is 5.77. The molecule has 2 heterocycles. The molecule has 1 saturated heterocycles. The summed E-state index contributed by atoms with van der Waals surface area (Å²) in [4.78, 5) is 24.2. The van der Waals surface area contributed by atoms with Crippen LogP contribution in [0.4, 0.5) is 0 Å². The van der Waals surface area contributed by atoms with Crippen LogP contribution in [0.15, 0.2) is 47.3 Å². The predicted molar refractivity (Wildman–Crippen MR) is 116 cm³/mol. The molecule has 29 heavy (non-hydrogen) atoms. The first kappa shape index (κ1) is 19.6. The monoisotopic (exact) mass is 391 g/mol. The van der Waals surface area contributed by atoms with Gasteiger partial charge in [-0.2, -0.15) is 0 Å². The summed E-state index contributed by atoms with van der Waals surface area (Å²) in [5.41, 5.74) is 3.13. The van der Waals surface area contributed by atoms with Gasteiger partial charge in [0.05, 0.1) is 10.9 Å². The Kier molecular flexibility index (Phi) is 5.41. The topological polar surface area (TPSA) is 47.4 Å². The lowest BCUT2D eigenvalue weighted by Crippen LogP contribution is -2.46. The van der Waals surface area contributed by atoms with Gasteiger partial charge in [-0.25, -0.2) is 4.98 Å². The van der Waals surface area contributed by atoms with Gasteiger partial charge in [0, 0.05) is 18.6 Å². The molecular weight excluding hydrogens is 362 g/mol. The Bertz CT molecular complexity index is 1070. The van der Waals surface area contributed by atoms with Crippen molar-refractivity contribution < 1.29 is 4.84 Å². The van der Waals surface area contributed by atoms with E-state index in [4.69, 9.17) is 9.82 Å². The lowest BCUT2D eigenvalue weighted by Gasteiger charge is -2.39. The van der Waals surface area contributed by atoms with Crippen LogP contribution < -0.4 is 10.4 Å². The number of para-hydroxylation sites is 2. The van der Waals surface area contributed by atoms with E-state index >= 15 is 0 Å². The molecule has 1 aliphatic heterocycles. The summed E-state index contributed by atoms with van der Waals surface area (Å²) in [5.74, 6) is 1.74. The van der Waals surface area contributed by atoms with Crippen molar-refractivity contribution in [2.24, 2.45) is 0 Å². The molecule has 0 N–H and O–H groups in total. The highest BCUT2D eigenvalue weighted by Crippen LogP contribution is 2.32. The fourth-order valence-electron chi connectivity index (χ4n) is 4.48.